The van der Waals surface area contributed by atoms with Gasteiger partial charge in [0.15, 0.2) is 5.16 Å². The van der Waals surface area contributed by atoms with Gasteiger partial charge in [-0.25, -0.2) is 9.97 Å². The van der Waals surface area contributed by atoms with E-state index in [0.29, 0.717) is 0 Å². The lowest BCUT2D eigenvalue weighted by Crippen LogP contribution is -1.97. The molecular weight excluding hydrogens is 168 g/mol. The molecule has 66 valence electrons. The Bertz CT molecular complexity index is 205. The van der Waals surface area contributed by atoms with Crippen molar-refractivity contribution < 1.29 is 0 Å². The Kier molecular flexibility index (Phi) is 3.53. The lowest BCUT2D eigenvalue weighted by atomic mass is 10.2. The van der Waals surface area contributed by atoms with Gasteiger partial charge in [0.25, 0.3) is 0 Å². The molecule has 0 unspecified atom stereocenters. The highest BCUT2D eigenvalue weighted by atomic mass is 32.2. The van der Waals surface area contributed by atoms with Gasteiger partial charge in [0.05, 0.1) is 0 Å². The number of hydrogen-bond donors (Lipinski definition) is 0. The fourth-order valence-corrected chi connectivity index (χ4v) is 1.40. The van der Waals surface area contributed by atoms with E-state index < -0.39 is 0 Å². The highest BCUT2D eigenvalue weighted by Gasteiger charge is 2.00. The number of rotatable bonds is 3. The number of nitrogens with zero attached hydrogens (tertiary/aromatic N) is 2. The van der Waals surface area contributed by atoms with Crippen LogP contribution in [0.2, 0.25) is 0 Å². The van der Waals surface area contributed by atoms with Crippen molar-refractivity contribution in [1.29, 1.82) is 0 Å². The summed E-state index contributed by atoms with van der Waals surface area (Å²) in [5.41, 5.74) is 2.29. The standard InChI is InChI=1S/C9H14N2S/c1-4-7-6-8(5-2)11-9(10-7)12-3/h6H,4-5H2,1-3H3. The number of thioether (sulfide) groups is 1. The Morgan fingerprint density at radius 2 is 1.67 bits per heavy atom. The summed E-state index contributed by atoms with van der Waals surface area (Å²) in [6.07, 6.45) is 3.99. The van der Waals surface area contributed by atoms with E-state index in [0.717, 1.165) is 29.4 Å². The van der Waals surface area contributed by atoms with Crippen LogP contribution in [0.1, 0.15) is 25.2 Å². The molecule has 1 aromatic heterocycles. The van der Waals surface area contributed by atoms with Crippen molar-refractivity contribution in [3.63, 3.8) is 0 Å². The first kappa shape index (κ1) is 9.52. The predicted molar refractivity (Wildman–Crippen MR) is 52.6 cm³/mol. The van der Waals surface area contributed by atoms with Crippen LogP contribution in [0.5, 0.6) is 0 Å². The lowest BCUT2D eigenvalue weighted by molar-refractivity contribution is 0.842. The fourth-order valence-electron chi connectivity index (χ4n) is 0.981. The lowest BCUT2D eigenvalue weighted by Gasteiger charge is -2.02. The van der Waals surface area contributed by atoms with Gasteiger partial charge in [-0.15, -0.1) is 0 Å². The molecule has 0 atom stereocenters. The summed E-state index contributed by atoms with van der Waals surface area (Å²) < 4.78 is 0. The molecule has 0 radical (unpaired) electrons. The first-order chi connectivity index (χ1) is 5.80. The molecule has 1 heterocycles. The third-order valence-electron chi connectivity index (χ3n) is 1.72. The van der Waals surface area contributed by atoms with E-state index >= 15 is 0 Å². The Labute approximate surface area is 77.8 Å². The van der Waals surface area contributed by atoms with Crippen LogP contribution in [-0.2, 0) is 12.8 Å². The third-order valence-corrected chi connectivity index (χ3v) is 2.27. The molecule has 0 fully saturated rings. The Hall–Kier alpha value is -0.570. The normalized spacial score (nSPS) is 10.2. The van der Waals surface area contributed by atoms with Gasteiger partial charge in [-0.1, -0.05) is 25.6 Å². The molecule has 1 aromatic rings. The number of aromatic nitrogens is 2. The largest absolute Gasteiger partial charge is 0.228 e. The van der Waals surface area contributed by atoms with E-state index in [2.05, 4.69) is 29.9 Å². The minimum Gasteiger partial charge on any atom is -0.228 e. The summed E-state index contributed by atoms with van der Waals surface area (Å²) in [5.74, 6) is 0. The van der Waals surface area contributed by atoms with Crippen LogP contribution in [-0.4, -0.2) is 16.2 Å². The van der Waals surface area contributed by atoms with Gasteiger partial charge in [0.2, 0.25) is 0 Å². The van der Waals surface area contributed by atoms with Gasteiger partial charge in [0, 0.05) is 11.4 Å². The van der Waals surface area contributed by atoms with Gasteiger partial charge in [-0.2, -0.15) is 0 Å². The summed E-state index contributed by atoms with van der Waals surface area (Å²) in [5, 5.41) is 0.895. The second kappa shape index (κ2) is 4.45. The van der Waals surface area contributed by atoms with Gasteiger partial charge in [-0.05, 0) is 25.2 Å². The SMILES string of the molecule is CCc1cc(CC)nc(SC)n1. The molecule has 1 rings (SSSR count). The molecule has 0 aliphatic heterocycles. The van der Waals surface area contributed by atoms with E-state index in [4.69, 9.17) is 0 Å². The van der Waals surface area contributed by atoms with Crippen molar-refractivity contribution in [1.82, 2.24) is 9.97 Å². The molecule has 12 heavy (non-hydrogen) atoms. The van der Waals surface area contributed by atoms with Crippen LogP contribution in [0.3, 0.4) is 0 Å². The van der Waals surface area contributed by atoms with E-state index in [-0.39, 0.29) is 0 Å². The average molecular weight is 182 g/mol. The van der Waals surface area contributed by atoms with E-state index in [9.17, 15) is 0 Å². The Morgan fingerprint density at radius 3 is 2.00 bits per heavy atom. The van der Waals surface area contributed by atoms with Gasteiger partial charge < -0.3 is 0 Å². The van der Waals surface area contributed by atoms with Crippen LogP contribution in [0.25, 0.3) is 0 Å². The topological polar surface area (TPSA) is 25.8 Å². The quantitative estimate of drug-likeness (QED) is 0.530. The maximum Gasteiger partial charge on any atom is 0.187 e. The second-order valence-electron chi connectivity index (χ2n) is 2.54. The maximum atomic E-state index is 4.37. The molecule has 0 saturated heterocycles. The fraction of sp³-hybridized carbons (Fsp3) is 0.556. The van der Waals surface area contributed by atoms with Gasteiger partial charge >= 0.3 is 0 Å². The third kappa shape index (κ3) is 2.21. The zero-order valence-corrected chi connectivity index (χ0v) is 8.61. The Morgan fingerprint density at radius 1 is 1.17 bits per heavy atom. The van der Waals surface area contributed by atoms with Crippen LogP contribution in [0.15, 0.2) is 11.2 Å². The minimum atomic E-state index is 0.895. The zero-order valence-electron chi connectivity index (χ0n) is 7.79. The average Bonchev–Trinajstić information content (AvgIpc) is 2.16. The van der Waals surface area contributed by atoms with Crippen molar-refractivity contribution in [2.75, 3.05) is 6.26 Å². The molecule has 0 saturated carbocycles. The summed E-state index contributed by atoms with van der Waals surface area (Å²) in [6, 6.07) is 2.08. The molecule has 0 aromatic carbocycles. The minimum absolute atomic E-state index is 0.895. The molecule has 0 bridgehead atoms. The summed E-state index contributed by atoms with van der Waals surface area (Å²) in [4.78, 5) is 8.74. The smallest absolute Gasteiger partial charge is 0.187 e. The van der Waals surface area contributed by atoms with Gasteiger partial charge in [0.1, 0.15) is 0 Å². The van der Waals surface area contributed by atoms with Crippen LogP contribution in [0.4, 0.5) is 0 Å². The van der Waals surface area contributed by atoms with Crippen LogP contribution >= 0.6 is 11.8 Å². The molecule has 0 aliphatic rings. The summed E-state index contributed by atoms with van der Waals surface area (Å²) in [6.45, 7) is 4.23. The van der Waals surface area contributed by atoms with E-state index in [1.165, 1.54) is 0 Å². The van der Waals surface area contributed by atoms with Crippen LogP contribution in [0, 0.1) is 0 Å². The van der Waals surface area contributed by atoms with Gasteiger partial charge in [-0.3, -0.25) is 0 Å². The summed E-state index contributed by atoms with van der Waals surface area (Å²) in [7, 11) is 0. The molecular formula is C9H14N2S. The van der Waals surface area contributed by atoms with Crippen LogP contribution < -0.4 is 0 Å². The van der Waals surface area contributed by atoms with Crippen molar-refractivity contribution in [3.8, 4) is 0 Å². The molecule has 0 aliphatic carbocycles. The first-order valence-electron chi connectivity index (χ1n) is 4.21. The highest BCUT2D eigenvalue weighted by molar-refractivity contribution is 7.98. The zero-order chi connectivity index (χ0) is 8.97. The first-order valence-corrected chi connectivity index (χ1v) is 5.43. The van der Waals surface area contributed by atoms with Crippen molar-refractivity contribution >= 4 is 11.8 Å². The van der Waals surface area contributed by atoms with Crippen molar-refractivity contribution in [2.24, 2.45) is 0 Å². The number of hydrogen-bond acceptors (Lipinski definition) is 3. The van der Waals surface area contributed by atoms with E-state index in [1.54, 1.807) is 11.8 Å². The van der Waals surface area contributed by atoms with E-state index in [1.807, 2.05) is 6.26 Å². The van der Waals surface area contributed by atoms with Crippen molar-refractivity contribution in [2.45, 2.75) is 31.8 Å². The monoisotopic (exact) mass is 182 g/mol. The molecule has 0 amide bonds. The maximum absolute atomic E-state index is 4.37. The molecule has 0 N–H and O–H groups in total. The highest BCUT2D eigenvalue weighted by Crippen LogP contribution is 2.11. The second-order valence-corrected chi connectivity index (χ2v) is 3.32. The Balaban J connectivity index is 3.01. The predicted octanol–water partition coefficient (Wildman–Crippen LogP) is 2.32. The molecule has 3 heteroatoms. The number of aryl methyl sites for hydroxylation is 2. The summed E-state index contributed by atoms with van der Waals surface area (Å²) >= 11 is 1.61. The molecule has 2 nitrogen and oxygen atoms in total. The molecule has 0 spiro atoms. The van der Waals surface area contributed by atoms with Crippen molar-refractivity contribution in [3.05, 3.63) is 17.5 Å².